The molecule has 1 unspecified atom stereocenters. The van der Waals surface area contributed by atoms with Gasteiger partial charge in [0.15, 0.2) is 0 Å². The molecule has 0 radical (unpaired) electrons. The first-order valence-corrected chi connectivity index (χ1v) is 10.9. The smallest absolute Gasteiger partial charge is 0.125 e. The van der Waals surface area contributed by atoms with Crippen LogP contribution in [-0.2, 0) is 22.6 Å². The van der Waals surface area contributed by atoms with E-state index in [1.54, 1.807) is 19.5 Å². The molecule has 0 saturated carbocycles. The van der Waals surface area contributed by atoms with Crippen molar-refractivity contribution in [3.63, 3.8) is 0 Å². The fourth-order valence-electron chi connectivity index (χ4n) is 3.87. The highest BCUT2D eigenvalue weighted by Crippen LogP contribution is 2.26. The average Bonchev–Trinajstić information content (AvgIpc) is 2.82. The van der Waals surface area contributed by atoms with Crippen molar-refractivity contribution in [3.8, 4) is 16.9 Å². The van der Waals surface area contributed by atoms with E-state index in [1.807, 2.05) is 32.2 Å². The molecule has 0 aliphatic carbocycles. The van der Waals surface area contributed by atoms with Gasteiger partial charge < -0.3 is 14.2 Å². The van der Waals surface area contributed by atoms with Crippen molar-refractivity contribution in [1.82, 2.24) is 19.9 Å². The quantitative estimate of drug-likeness (QED) is 0.530. The van der Waals surface area contributed by atoms with E-state index in [1.165, 1.54) is 11.9 Å². The molecule has 3 heterocycles. The Kier molecular flexibility index (Phi) is 7.42. The minimum absolute atomic E-state index is 0.0492. The molecule has 0 N–H and O–H groups in total. The molecule has 1 fully saturated rings. The van der Waals surface area contributed by atoms with Gasteiger partial charge in [0.05, 0.1) is 25.0 Å². The fourth-order valence-corrected chi connectivity index (χ4v) is 3.87. The summed E-state index contributed by atoms with van der Waals surface area (Å²) in [6, 6.07) is 10.4. The van der Waals surface area contributed by atoms with Crippen LogP contribution in [0.25, 0.3) is 11.1 Å². The van der Waals surface area contributed by atoms with Gasteiger partial charge in [-0.05, 0) is 37.6 Å². The number of morpholine rings is 1. The molecule has 2 aromatic heterocycles. The summed E-state index contributed by atoms with van der Waals surface area (Å²) in [5.74, 6) is 0.888. The van der Waals surface area contributed by atoms with Crippen LogP contribution in [0.15, 0.2) is 55.2 Å². The van der Waals surface area contributed by atoms with E-state index in [0.717, 1.165) is 47.8 Å². The number of rotatable bonds is 8. The molecule has 7 nitrogen and oxygen atoms in total. The molecule has 0 bridgehead atoms. The minimum atomic E-state index is -0.0492. The molecular formula is C25H30N4O3. The Labute approximate surface area is 189 Å². The van der Waals surface area contributed by atoms with Crippen molar-refractivity contribution in [3.05, 3.63) is 72.1 Å². The first-order chi connectivity index (χ1) is 15.6. The van der Waals surface area contributed by atoms with E-state index in [-0.39, 0.29) is 12.2 Å². The normalized spacial score (nSPS) is 16.9. The second-order valence-electron chi connectivity index (χ2n) is 8.24. The molecule has 168 valence electrons. The summed E-state index contributed by atoms with van der Waals surface area (Å²) in [5.41, 5.74) is 5.20. The Morgan fingerprint density at radius 3 is 2.66 bits per heavy atom. The van der Waals surface area contributed by atoms with Crippen LogP contribution >= 0.6 is 0 Å². The van der Waals surface area contributed by atoms with Crippen molar-refractivity contribution >= 4 is 0 Å². The minimum Gasteiger partial charge on any atom is -0.491 e. The summed E-state index contributed by atoms with van der Waals surface area (Å²) in [6.45, 7) is 7.81. The predicted molar refractivity (Wildman–Crippen MR) is 122 cm³/mol. The van der Waals surface area contributed by atoms with Crippen LogP contribution in [0.1, 0.15) is 36.8 Å². The van der Waals surface area contributed by atoms with Gasteiger partial charge in [-0.3, -0.25) is 9.88 Å². The van der Waals surface area contributed by atoms with Crippen LogP contribution in [0, 0.1) is 0 Å². The second-order valence-corrected chi connectivity index (χ2v) is 8.24. The van der Waals surface area contributed by atoms with Gasteiger partial charge in [0.1, 0.15) is 18.2 Å². The number of aromatic nitrogens is 3. The molecule has 1 saturated heterocycles. The van der Waals surface area contributed by atoms with Crippen molar-refractivity contribution in [2.45, 2.75) is 39.2 Å². The van der Waals surface area contributed by atoms with Crippen LogP contribution < -0.4 is 4.74 Å². The average molecular weight is 435 g/mol. The van der Waals surface area contributed by atoms with E-state index < -0.39 is 0 Å². The zero-order valence-corrected chi connectivity index (χ0v) is 18.9. The van der Waals surface area contributed by atoms with Crippen molar-refractivity contribution < 1.29 is 14.2 Å². The standard InChI is InChI=1S/C25H30N4O3/c1-18(2)32-24-7-4-19(10-21(24)16-30-3)14-29-8-9-31-25(15-29)23-6-5-20(13-28-23)22-11-26-17-27-12-22/h4-7,10-13,17-18,25H,8-9,14-16H2,1-3H3. The maximum absolute atomic E-state index is 6.03. The molecule has 1 aliphatic rings. The summed E-state index contributed by atoms with van der Waals surface area (Å²) >= 11 is 0. The van der Waals surface area contributed by atoms with E-state index in [2.05, 4.69) is 38.1 Å². The second kappa shape index (κ2) is 10.6. The number of ether oxygens (including phenoxy) is 3. The fraction of sp³-hybridized carbons (Fsp3) is 0.400. The van der Waals surface area contributed by atoms with E-state index >= 15 is 0 Å². The highest BCUT2D eigenvalue weighted by Gasteiger charge is 2.23. The molecule has 1 aromatic carbocycles. The van der Waals surface area contributed by atoms with Gasteiger partial charge in [0.25, 0.3) is 0 Å². The third kappa shape index (κ3) is 5.68. The molecule has 0 amide bonds. The van der Waals surface area contributed by atoms with Crippen molar-refractivity contribution in [2.24, 2.45) is 0 Å². The number of hydrogen-bond acceptors (Lipinski definition) is 7. The number of pyridine rings is 1. The lowest BCUT2D eigenvalue weighted by molar-refractivity contribution is -0.0350. The SMILES string of the molecule is COCc1cc(CN2CCOC(c3ccc(-c4cncnc4)cn3)C2)ccc1OC(C)C. The lowest BCUT2D eigenvalue weighted by atomic mass is 10.1. The highest BCUT2D eigenvalue weighted by atomic mass is 16.5. The van der Waals surface area contributed by atoms with Crippen LogP contribution in [0.3, 0.4) is 0 Å². The van der Waals surface area contributed by atoms with Gasteiger partial charge in [-0.15, -0.1) is 0 Å². The third-order valence-electron chi connectivity index (χ3n) is 5.35. The monoisotopic (exact) mass is 434 g/mol. The summed E-state index contributed by atoms with van der Waals surface area (Å²) in [7, 11) is 1.71. The Morgan fingerprint density at radius 1 is 1.09 bits per heavy atom. The first kappa shape index (κ1) is 22.3. The van der Waals surface area contributed by atoms with Crippen LogP contribution in [0.4, 0.5) is 0 Å². The molecule has 1 aliphatic heterocycles. The number of hydrogen-bond donors (Lipinski definition) is 0. The Bertz CT molecular complexity index is 996. The summed E-state index contributed by atoms with van der Waals surface area (Å²) < 4.78 is 17.3. The van der Waals surface area contributed by atoms with Gasteiger partial charge in [0.2, 0.25) is 0 Å². The van der Waals surface area contributed by atoms with E-state index in [0.29, 0.717) is 13.2 Å². The van der Waals surface area contributed by atoms with Gasteiger partial charge in [0, 0.05) is 62.0 Å². The number of benzene rings is 1. The molecule has 7 heteroatoms. The Hall–Kier alpha value is -2.87. The maximum Gasteiger partial charge on any atom is 0.125 e. The van der Waals surface area contributed by atoms with Crippen LogP contribution in [0.5, 0.6) is 5.75 Å². The van der Waals surface area contributed by atoms with Gasteiger partial charge >= 0.3 is 0 Å². The first-order valence-electron chi connectivity index (χ1n) is 10.9. The van der Waals surface area contributed by atoms with Gasteiger partial charge in [-0.2, -0.15) is 0 Å². The topological polar surface area (TPSA) is 69.6 Å². The third-order valence-corrected chi connectivity index (χ3v) is 5.35. The van der Waals surface area contributed by atoms with Gasteiger partial charge in [-0.25, -0.2) is 9.97 Å². The zero-order valence-electron chi connectivity index (χ0n) is 18.9. The maximum atomic E-state index is 6.03. The summed E-state index contributed by atoms with van der Waals surface area (Å²) in [5, 5.41) is 0. The lowest BCUT2D eigenvalue weighted by Crippen LogP contribution is -2.38. The van der Waals surface area contributed by atoms with Gasteiger partial charge in [-0.1, -0.05) is 12.1 Å². The number of methoxy groups -OCH3 is 1. The van der Waals surface area contributed by atoms with Crippen molar-refractivity contribution in [1.29, 1.82) is 0 Å². The molecule has 32 heavy (non-hydrogen) atoms. The predicted octanol–water partition coefficient (Wildman–Crippen LogP) is 4.05. The molecule has 1 atom stereocenters. The van der Waals surface area contributed by atoms with E-state index in [4.69, 9.17) is 14.2 Å². The molecule has 0 spiro atoms. The Morgan fingerprint density at radius 2 is 1.94 bits per heavy atom. The molecule has 3 aromatic rings. The van der Waals surface area contributed by atoms with E-state index in [9.17, 15) is 0 Å². The largest absolute Gasteiger partial charge is 0.491 e. The Balaban J connectivity index is 1.42. The summed E-state index contributed by atoms with van der Waals surface area (Å²) in [6.07, 6.45) is 7.05. The number of nitrogens with zero attached hydrogens (tertiary/aromatic N) is 4. The van der Waals surface area contributed by atoms with Crippen LogP contribution in [-0.4, -0.2) is 52.8 Å². The summed E-state index contributed by atoms with van der Waals surface area (Å²) in [4.78, 5) is 15.2. The molecule has 4 rings (SSSR count). The zero-order chi connectivity index (χ0) is 22.3. The highest BCUT2D eigenvalue weighted by molar-refractivity contribution is 5.60. The van der Waals surface area contributed by atoms with Crippen LogP contribution in [0.2, 0.25) is 0 Å². The van der Waals surface area contributed by atoms with Crippen molar-refractivity contribution in [2.75, 3.05) is 26.8 Å². The molecular weight excluding hydrogens is 404 g/mol. The lowest BCUT2D eigenvalue weighted by Gasteiger charge is -2.32.